The van der Waals surface area contributed by atoms with Crippen LogP contribution in [-0.2, 0) is 10.3 Å². The summed E-state index contributed by atoms with van der Waals surface area (Å²) < 4.78 is 5.45. The molecule has 18 heavy (non-hydrogen) atoms. The lowest BCUT2D eigenvalue weighted by Crippen LogP contribution is -2.26. The zero-order valence-corrected chi connectivity index (χ0v) is 10.3. The van der Waals surface area contributed by atoms with E-state index in [0.717, 1.165) is 35.8 Å². The zero-order chi connectivity index (χ0) is 12.4. The summed E-state index contributed by atoms with van der Waals surface area (Å²) in [6.45, 7) is 1.36. The summed E-state index contributed by atoms with van der Waals surface area (Å²) in [7, 11) is 0. The van der Waals surface area contributed by atoms with Crippen LogP contribution >= 0.6 is 0 Å². The van der Waals surface area contributed by atoms with Crippen LogP contribution in [0.2, 0.25) is 0 Å². The van der Waals surface area contributed by atoms with Crippen LogP contribution < -0.4 is 0 Å². The maximum absolute atomic E-state index is 10.9. The SMILES string of the molecule is OC1(c2cccc3ccncc23)CCCOCC1. The van der Waals surface area contributed by atoms with Gasteiger partial charge in [-0.3, -0.25) is 4.98 Å². The highest BCUT2D eigenvalue weighted by Gasteiger charge is 2.31. The Morgan fingerprint density at radius 3 is 3.06 bits per heavy atom. The van der Waals surface area contributed by atoms with Crippen molar-refractivity contribution in [2.75, 3.05) is 13.2 Å². The lowest BCUT2D eigenvalue weighted by Gasteiger charge is -2.27. The molecule has 3 heteroatoms. The molecule has 1 aliphatic heterocycles. The van der Waals surface area contributed by atoms with Crippen molar-refractivity contribution in [3.05, 3.63) is 42.2 Å². The fraction of sp³-hybridized carbons (Fsp3) is 0.400. The first-order chi connectivity index (χ1) is 8.80. The second-order valence-electron chi connectivity index (χ2n) is 4.90. The van der Waals surface area contributed by atoms with Crippen molar-refractivity contribution in [3.8, 4) is 0 Å². The van der Waals surface area contributed by atoms with Crippen molar-refractivity contribution >= 4 is 10.8 Å². The standard InChI is InChI=1S/C15H17NO2/c17-15(6-2-9-18-10-7-15)14-4-1-3-12-5-8-16-11-13(12)14/h1,3-5,8,11,17H,2,6-7,9-10H2. The van der Waals surface area contributed by atoms with Gasteiger partial charge in [-0.2, -0.15) is 0 Å². The summed E-state index contributed by atoms with van der Waals surface area (Å²) in [5.74, 6) is 0. The molecule has 1 unspecified atom stereocenters. The van der Waals surface area contributed by atoms with Gasteiger partial charge in [0.15, 0.2) is 0 Å². The largest absolute Gasteiger partial charge is 0.385 e. The van der Waals surface area contributed by atoms with Gasteiger partial charge in [-0.05, 0) is 29.9 Å². The topological polar surface area (TPSA) is 42.4 Å². The Labute approximate surface area is 106 Å². The summed E-state index contributed by atoms with van der Waals surface area (Å²) in [4.78, 5) is 4.18. The first kappa shape index (κ1) is 11.6. The molecule has 0 radical (unpaired) electrons. The Hall–Kier alpha value is -1.45. The van der Waals surface area contributed by atoms with Gasteiger partial charge < -0.3 is 9.84 Å². The lowest BCUT2D eigenvalue weighted by molar-refractivity contribution is 0.0157. The monoisotopic (exact) mass is 243 g/mol. The van der Waals surface area contributed by atoms with Crippen LogP contribution in [0.1, 0.15) is 24.8 Å². The van der Waals surface area contributed by atoms with E-state index in [9.17, 15) is 5.11 Å². The third-order valence-electron chi connectivity index (χ3n) is 3.72. The molecule has 1 atom stereocenters. The molecule has 3 rings (SSSR count). The number of aromatic nitrogens is 1. The second kappa shape index (κ2) is 4.67. The average Bonchev–Trinajstić information content (AvgIpc) is 2.64. The van der Waals surface area contributed by atoms with Crippen LogP contribution in [0.3, 0.4) is 0 Å². The number of nitrogens with zero attached hydrogens (tertiary/aromatic N) is 1. The average molecular weight is 243 g/mol. The van der Waals surface area contributed by atoms with Crippen molar-refractivity contribution in [2.24, 2.45) is 0 Å². The number of pyridine rings is 1. The van der Waals surface area contributed by atoms with Gasteiger partial charge in [-0.1, -0.05) is 18.2 Å². The molecule has 2 aromatic rings. The molecule has 3 nitrogen and oxygen atoms in total. The fourth-order valence-electron chi connectivity index (χ4n) is 2.72. The normalized spacial score (nSPS) is 24.9. The van der Waals surface area contributed by atoms with E-state index in [1.807, 2.05) is 24.4 Å². The molecule has 1 aromatic heterocycles. The lowest BCUT2D eigenvalue weighted by atomic mass is 9.84. The smallest absolute Gasteiger partial charge is 0.0925 e. The van der Waals surface area contributed by atoms with Crippen molar-refractivity contribution in [2.45, 2.75) is 24.9 Å². The summed E-state index contributed by atoms with van der Waals surface area (Å²) in [5, 5.41) is 13.1. The molecule has 0 aliphatic carbocycles. The van der Waals surface area contributed by atoms with E-state index >= 15 is 0 Å². The van der Waals surface area contributed by atoms with Crippen LogP contribution in [0.5, 0.6) is 0 Å². The Kier molecular flexibility index (Phi) is 3.02. The van der Waals surface area contributed by atoms with E-state index < -0.39 is 5.60 Å². The fourth-order valence-corrected chi connectivity index (χ4v) is 2.72. The third kappa shape index (κ3) is 2.00. The molecule has 94 valence electrons. The van der Waals surface area contributed by atoms with Crippen LogP contribution in [0.4, 0.5) is 0 Å². The third-order valence-corrected chi connectivity index (χ3v) is 3.72. The predicted octanol–water partition coefficient (Wildman–Crippen LogP) is 2.62. The van der Waals surface area contributed by atoms with Gasteiger partial charge in [0.1, 0.15) is 0 Å². The van der Waals surface area contributed by atoms with Gasteiger partial charge in [-0.15, -0.1) is 0 Å². The van der Waals surface area contributed by atoms with Crippen molar-refractivity contribution in [1.29, 1.82) is 0 Å². The molecular weight excluding hydrogens is 226 g/mol. The maximum atomic E-state index is 10.9. The van der Waals surface area contributed by atoms with Crippen molar-refractivity contribution in [3.63, 3.8) is 0 Å². The molecule has 0 bridgehead atoms. The summed E-state index contributed by atoms with van der Waals surface area (Å²) in [6, 6.07) is 8.04. The highest BCUT2D eigenvalue weighted by Crippen LogP contribution is 2.36. The maximum Gasteiger partial charge on any atom is 0.0925 e. The second-order valence-corrected chi connectivity index (χ2v) is 4.90. The Bertz CT molecular complexity index is 540. The molecule has 1 aliphatic rings. The first-order valence-electron chi connectivity index (χ1n) is 6.43. The summed E-state index contributed by atoms with van der Waals surface area (Å²) in [6.07, 6.45) is 5.93. The highest BCUT2D eigenvalue weighted by molar-refractivity contribution is 5.85. The molecular formula is C15H17NO2. The van der Waals surface area contributed by atoms with Crippen LogP contribution in [0, 0.1) is 0 Å². The summed E-state index contributed by atoms with van der Waals surface area (Å²) in [5.41, 5.74) is 0.206. The van der Waals surface area contributed by atoms with E-state index in [2.05, 4.69) is 11.1 Å². The van der Waals surface area contributed by atoms with E-state index in [1.165, 1.54) is 0 Å². The van der Waals surface area contributed by atoms with E-state index in [-0.39, 0.29) is 0 Å². The Balaban J connectivity index is 2.12. The molecule has 0 spiro atoms. The Morgan fingerprint density at radius 1 is 1.17 bits per heavy atom. The van der Waals surface area contributed by atoms with Crippen LogP contribution in [0.15, 0.2) is 36.7 Å². The highest BCUT2D eigenvalue weighted by atomic mass is 16.5. The van der Waals surface area contributed by atoms with Gasteiger partial charge in [-0.25, -0.2) is 0 Å². The number of hydrogen-bond acceptors (Lipinski definition) is 3. The first-order valence-corrected chi connectivity index (χ1v) is 6.43. The van der Waals surface area contributed by atoms with E-state index in [0.29, 0.717) is 13.0 Å². The van der Waals surface area contributed by atoms with Gasteiger partial charge in [0.25, 0.3) is 0 Å². The van der Waals surface area contributed by atoms with Gasteiger partial charge in [0.2, 0.25) is 0 Å². The molecule has 2 heterocycles. The molecule has 0 saturated carbocycles. The number of ether oxygens (including phenoxy) is 1. The van der Waals surface area contributed by atoms with Gasteiger partial charge in [0.05, 0.1) is 5.60 Å². The summed E-state index contributed by atoms with van der Waals surface area (Å²) >= 11 is 0. The zero-order valence-electron chi connectivity index (χ0n) is 10.3. The van der Waals surface area contributed by atoms with Gasteiger partial charge >= 0.3 is 0 Å². The number of fused-ring (bicyclic) bond motifs is 1. The van der Waals surface area contributed by atoms with E-state index in [1.54, 1.807) is 6.20 Å². The number of aliphatic hydroxyl groups is 1. The quantitative estimate of drug-likeness (QED) is 0.837. The predicted molar refractivity (Wildman–Crippen MR) is 70.3 cm³/mol. The van der Waals surface area contributed by atoms with Crippen molar-refractivity contribution < 1.29 is 9.84 Å². The minimum atomic E-state index is -0.779. The van der Waals surface area contributed by atoms with E-state index in [4.69, 9.17) is 4.74 Å². The minimum absolute atomic E-state index is 0.618. The van der Waals surface area contributed by atoms with Crippen LogP contribution in [-0.4, -0.2) is 23.3 Å². The minimum Gasteiger partial charge on any atom is -0.385 e. The van der Waals surface area contributed by atoms with Crippen LogP contribution in [0.25, 0.3) is 10.8 Å². The number of rotatable bonds is 1. The molecule has 0 amide bonds. The Morgan fingerprint density at radius 2 is 2.11 bits per heavy atom. The molecule has 1 N–H and O–H groups in total. The van der Waals surface area contributed by atoms with Crippen molar-refractivity contribution in [1.82, 2.24) is 4.98 Å². The molecule has 1 aromatic carbocycles. The van der Waals surface area contributed by atoms with Gasteiger partial charge in [0, 0.05) is 37.4 Å². The number of hydrogen-bond donors (Lipinski definition) is 1. The molecule has 1 fully saturated rings. The number of benzene rings is 1. The molecule has 1 saturated heterocycles.